The maximum absolute atomic E-state index is 5.90. The number of thiocarbonyl (C=S) groups is 1. The number of benzene rings is 1. The molecule has 1 aliphatic heterocycles. The molecule has 3 heterocycles. The Labute approximate surface area is 195 Å². The van der Waals surface area contributed by atoms with E-state index in [2.05, 4.69) is 59.0 Å². The third kappa shape index (κ3) is 3.56. The Morgan fingerprint density at radius 3 is 2.59 bits per heavy atom. The van der Waals surface area contributed by atoms with E-state index in [1.54, 1.807) is 7.11 Å². The van der Waals surface area contributed by atoms with E-state index in [-0.39, 0.29) is 12.1 Å². The van der Waals surface area contributed by atoms with Crippen LogP contribution in [0.5, 0.6) is 5.75 Å². The molecule has 2 fully saturated rings. The highest BCUT2D eigenvalue weighted by molar-refractivity contribution is 7.80. The molecule has 5 rings (SSSR count). The summed E-state index contributed by atoms with van der Waals surface area (Å²) in [4.78, 5) is 7.17. The summed E-state index contributed by atoms with van der Waals surface area (Å²) in [6.07, 6.45) is 6.81. The van der Waals surface area contributed by atoms with Crippen molar-refractivity contribution >= 4 is 17.3 Å². The summed E-state index contributed by atoms with van der Waals surface area (Å²) >= 11 is 5.90. The van der Waals surface area contributed by atoms with Crippen LogP contribution in [0.1, 0.15) is 60.4 Å². The van der Waals surface area contributed by atoms with E-state index in [1.165, 1.54) is 42.6 Å². The number of nitrogens with zero attached hydrogens (tertiary/aromatic N) is 3. The number of rotatable bonds is 5. The fourth-order valence-corrected chi connectivity index (χ4v) is 5.90. The number of ether oxygens (including phenoxy) is 1. The Morgan fingerprint density at radius 2 is 1.88 bits per heavy atom. The van der Waals surface area contributed by atoms with Crippen LogP contribution in [-0.2, 0) is 0 Å². The van der Waals surface area contributed by atoms with Gasteiger partial charge in [0.2, 0.25) is 0 Å². The summed E-state index contributed by atoms with van der Waals surface area (Å²) < 4.78 is 7.80. The summed E-state index contributed by atoms with van der Waals surface area (Å²) in [6.45, 7) is 4.39. The van der Waals surface area contributed by atoms with Crippen molar-refractivity contribution < 1.29 is 4.74 Å². The van der Waals surface area contributed by atoms with Gasteiger partial charge in [-0.3, -0.25) is 4.98 Å². The fraction of sp³-hybridized carbons (Fsp3) is 0.385. The van der Waals surface area contributed by atoms with Crippen molar-refractivity contribution in [2.45, 2.75) is 57.7 Å². The van der Waals surface area contributed by atoms with Crippen LogP contribution in [0.4, 0.5) is 0 Å². The van der Waals surface area contributed by atoms with E-state index >= 15 is 0 Å². The highest BCUT2D eigenvalue weighted by atomic mass is 32.1. The molecule has 1 aliphatic carbocycles. The molecule has 32 heavy (non-hydrogen) atoms. The number of pyridine rings is 1. The first-order valence-electron chi connectivity index (χ1n) is 11.4. The van der Waals surface area contributed by atoms with Gasteiger partial charge in [0.15, 0.2) is 5.11 Å². The SMILES string of the molecule is COc1cccc(-n2c(C)cc([C@H]3[C@H](c4ccccn4)NC(=S)N3C3CCCC3)c2C)c1. The smallest absolute Gasteiger partial charge is 0.170 e. The first-order valence-corrected chi connectivity index (χ1v) is 11.8. The van der Waals surface area contributed by atoms with Gasteiger partial charge >= 0.3 is 0 Å². The van der Waals surface area contributed by atoms with Crippen LogP contribution in [-0.4, -0.2) is 32.7 Å². The summed E-state index contributed by atoms with van der Waals surface area (Å²) in [7, 11) is 1.71. The van der Waals surface area contributed by atoms with Crippen LogP contribution in [0.2, 0.25) is 0 Å². The monoisotopic (exact) mass is 446 g/mol. The number of nitrogens with one attached hydrogen (secondary N) is 1. The maximum Gasteiger partial charge on any atom is 0.170 e. The lowest BCUT2D eigenvalue weighted by atomic mass is 9.95. The molecule has 2 atom stereocenters. The van der Waals surface area contributed by atoms with Gasteiger partial charge in [-0.05, 0) is 74.8 Å². The molecule has 3 aromatic rings. The molecule has 1 N–H and O–H groups in total. The standard InChI is InChI=1S/C26H30N4OS/c1-17-15-22(18(2)29(17)20-11-8-12-21(16-20)31-3)25-24(23-13-6-7-14-27-23)28-26(32)30(25)19-9-4-5-10-19/h6-8,11-16,19,24-25H,4-5,9-10H2,1-3H3,(H,28,32)/t24-,25-/m0/s1. The van der Waals surface area contributed by atoms with Crippen LogP contribution in [0.3, 0.4) is 0 Å². The molecule has 0 unspecified atom stereocenters. The van der Waals surface area contributed by atoms with Gasteiger partial charge in [0.05, 0.1) is 24.9 Å². The normalized spacial score (nSPS) is 21.2. The molecule has 0 spiro atoms. The van der Waals surface area contributed by atoms with Gasteiger partial charge in [-0.25, -0.2) is 0 Å². The third-order valence-corrected chi connectivity index (χ3v) is 7.28. The molecule has 0 amide bonds. The van der Waals surface area contributed by atoms with Crippen molar-refractivity contribution in [3.05, 3.63) is 77.4 Å². The van der Waals surface area contributed by atoms with Gasteiger partial charge in [-0.2, -0.15) is 0 Å². The molecule has 6 heteroatoms. The molecule has 2 aliphatic rings. The number of methoxy groups -OCH3 is 1. The molecule has 1 saturated carbocycles. The van der Waals surface area contributed by atoms with Crippen LogP contribution >= 0.6 is 12.2 Å². The first-order chi connectivity index (χ1) is 15.6. The van der Waals surface area contributed by atoms with Crippen LogP contribution < -0.4 is 10.1 Å². The van der Waals surface area contributed by atoms with Gasteiger partial charge in [-0.1, -0.05) is 25.0 Å². The zero-order valence-electron chi connectivity index (χ0n) is 18.9. The minimum Gasteiger partial charge on any atom is -0.497 e. The molecule has 0 bridgehead atoms. The second kappa shape index (κ2) is 8.58. The van der Waals surface area contributed by atoms with E-state index in [0.717, 1.165) is 22.2 Å². The Bertz CT molecular complexity index is 1120. The first kappa shape index (κ1) is 21.0. The largest absolute Gasteiger partial charge is 0.497 e. The second-order valence-electron chi connectivity index (χ2n) is 8.84. The highest BCUT2D eigenvalue weighted by Gasteiger charge is 2.44. The predicted octanol–water partition coefficient (Wildman–Crippen LogP) is 5.41. The molecule has 2 aromatic heterocycles. The lowest BCUT2D eigenvalue weighted by Gasteiger charge is -2.33. The Kier molecular flexibility index (Phi) is 5.64. The van der Waals surface area contributed by atoms with Crippen molar-refractivity contribution in [2.75, 3.05) is 7.11 Å². The van der Waals surface area contributed by atoms with Crippen LogP contribution in [0, 0.1) is 13.8 Å². The van der Waals surface area contributed by atoms with Crippen LogP contribution in [0.25, 0.3) is 5.69 Å². The molecular formula is C26H30N4OS. The van der Waals surface area contributed by atoms with Crippen molar-refractivity contribution in [3.8, 4) is 11.4 Å². The van der Waals surface area contributed by atoms with Crippen molar-refractivity contribution in [1.29, 1.82) is 0 Å². The van der Waals surface area contributed by atoms with E-state index in [9.17, 15) is 0 Å². The van der Waals surface area contributed by atoms with Gasteiger partial charge in [0.1, 0.15) is 5.75 Å². The van der Waals surface area contributed by atoms with E-state index < -0.39 is 0 Å². The summed E-state index contributed by atoms with van der Waals surface area (Å²) in [5, 5.41) is 4.48. The van der Waals surface area contributed by atoms with Crippen molar-refractivity contribution in [1.82, 2.24) is 19.8 Å². The summed E-state index contributed by atoms with van der Waals surface area (Å²) in [5.74, 6) is 0.860. The quantitative estimate of drug-likeness (QED) is 0.531. The lowest BCUT2D eigenvalue weighted by molar-refractivity contribution is 0.245. The number of aryl methyl sites for hydroxylation is 1. The number of aromatic nitrogens is 2. The van der Waals surface area contributed by atoms with Crippen molar-refractivity contribution in [2.24, 2.45) is 0 Å². The van der Waals surface area contributed by atoms with E-state index in [4.69, 9.17) is 21.9 Å². The summed E-state index contributed by atoms with van der Waals surface area (Å²) in [6, 6.07) is 17.3. The molecule has 166 valence electrons. The highest BCUT2D eigenvalue weighted by Crippen LogP contribution is 2.44. The molecule has 5 nitrogen and oxygen atoms in total. The predicted molar refractivity (Wildman–Crippen MR) is 131 cm³/mol. The molecule has 1 aromatic carbocycles. The van der Waals surface area contributed by atoms with Gasteiger partial charge in [0, 0.05) is 35.4 Å². The minimum atomic E-state index is 0.0311. The average Bonchev–Trinajstić information content (AvgIpc) is 3.52. The second-order valence-corrected chi connectivity index (χ2v) is 9.22. The fourth-order valence-electron chi connectivity index (χ4n) is 5.51. The van der Waals surface area contributed by atoms with Crippen molar-refractivity contribution in [3.63, 3.8) is 0 Å². The topological polar surface area (TPSA) is 42.3 Å². The van der Waals surface area contributed by atoms with E-state index in [1.807, 2.05) is 24.4 Å². The number of hydrogen-bond donors (Lipinski definition) is 1. The Hall–Kier alpha value is -2.86. The summed E-state index contributed by atoms with van der Waals surface area (Å²) in [5.41, 5.74) is 5.89. The molecular weight excluding hydrogens is 416 g/mol. The maximum atomic E-state index is 5.90. The van der Waals surface area contributed by atoms with Gasteiger partial charge in [0.25, 0.3) is 0 Å². The van der Waals surface area contributed by atoms with E-state index in [0.29, 0.717) is 6.04 Å². The third-order valence-electron chi connectivity index (χ3n) is 6.95. The Balaban J connectivity index is 1.63. The zero-order valence-corrected chi connectivity index (χ0v) is 19.7. The lowest BCUT2D eigenvalue weighted by Crippen LogP contribution is -2.37. The van der Waals surface area contributed by atoms with Crippen LogP contribution in [0.15, 0.2) is 54.7 Å². The molecule has 1 saturated heterocycles. The number of hydrogen-bond acceptors (Lipinski definition) is 3. The molecule has 0 radical (unpaired) electrons. The van der Waals surface area contributed by atoms with Gasteiger partial charge in [-0.15, -0.1) is 0 Å². The average molecular weight is 447 g/mol. The minimum absolute atomic E-state index is 0.0311. The Morgan fingerprint density at radius 1 is 1.06 bits per heavy atom. The van der Waals surface area contributed by atoms with Gasteiger partial charge < -0.3 is 19.5 Å². The zero-order chi connectivity index (χ0) is 22.2.